The summed E-state index contributed by atoms with van der Waals surface area (Å²) < 4.78 is 14.6. The molecule has 1 aromatic carbocycles. The van der Waals surface area contributed by atoms with Crippen molar-refractivity contribution < 1.29 is 9.47 Å². The number of nitrogen functional groups attached to an aromatic ring is 1. The second kappa shape index (κ2) is 8.75. The Hall–Kier alpha value is -1.79. The highest BCUT2D eigenvalue weighted by Gasteiger charge is 2.20. The van der Waals surface area contributed by atoms with E-state index in [4.69, 9.17) is 20.2 Å². The topological polar surface area (TPSA) is 100 Å². The monoisotopic (exact) mass is 537 g/mol. The van der Waals surface area contributed by atoms with Crippen LogP contribution in [-0.2, 0) is 6.54 Å². The number of fused-ring (bicyclic) bond motifs is 2. The molecule has 0 bridgehead atoms. The van der Waals surface area contributed by atoms with Crippen molar-refractivity contribution in [2.24, 2.45) is 5.41 Å². The van der Waals surface area contributed by atoms with Gasteiger partial charge in [0.05, 0.1) is 0 Å². The normalized spacial score (nSPS) is 13.7. The maximum absolute atomic E-state index is 6.07. The number of ether oxygens (including phenoxy) is 2. The number of rotatable bonds is 6. The Morgan fingerprint density at radius 2 is 1.93 bits per heavy atom. The lowest BCUT2D eigenvalue weighted by atomic mass is 9.97. The summed E-state index contributed by atoms with van der Waals surface area (Å²) in [5.41, 5.74) is 7.67. The third-order valence-corrected chi connectivity index (χ3v) is 6.80. The van der Waals surface area contributed by atoms with Crippen molar-refractivity contribution in [1.29, 1.82) is 0 Å². The number of anilines is 1. The lowest BCUT2D eigenvalue weighted by Crippen LogP contribution is -2.29. The van der Waals surface area contributed by atoms with E-state index >= 15 is 0 Å². The minimum atomic E-state index is 0.225. The fraction of sp³-hybridized carbons (Fsp3) is 0.450. The van der Waals surface area contributed by atoms with Crippen LogP contribution in [0.4, 0.5) is 5.82 Å². The average molecular weight is 537 g/mol. The Morgan fingerprint density at radius 3 is 2.67 bits per heavy atom. The summed E-state index contributed by atoms with van der Waals surface area (Å²) in [6.45, 7) is 10.2. The van der Waals surface area contributed by atoms with E-state index in [-0.39, 0.29) is 5.41 Å². The van der Waals surface area contributed by atoms with Gasteiger partial charge in [-0.05, 0) is 40.1 Å². The van der Waals surface area contributed by atoms with E-state index in [1.54, 1.807) is 11.8 Å². The van der Waals surface area contributed by atoms with E-state index in [0.717, 1.165) is 50.4 Å². The number of imidazole rings is 1. The highest BCUT2D eigenvalue weighted by molar-refractivity contribution is 14.1. The van der Waals surface area contributed by atoms with Crippen LogP contribution in [0, 0.1) is 8.99 Å². The van der Waals surface area contributed by atoms with Crippen LogP contribution < -0.4 is 20.5 Å². The molecule has 1 aliphatic heterocycles. The van der Waals surface area contributed by atoms with Crippen molar-refractivity contribution in [2.75, 3.05) is 32.0 Å². The number of nitrogens with zero attached hydrogens (tertiary/aromatic N) is 4. The summed E-state index contributed by atoms with van der Waals surface area (Å²) in [7, 11) is 0. The summed E-state index contributed by atoms with van der Waals surface area (Å²) in [6, 6.07) is 4.01. The molecular formula is C20H25IN6O2S. The minimum Gasteiger partial charge on any atom is -0.486 e. The van der Waals surface area contributed by atoms with Gasteiger partial charge in [0.25, 0.3) is 0 Å². The van der Waals surface area contributed by atoms with Crippen LogP contribution >= 0.6 is 34.4 Å². The first-order chi connectivity index (χ1) is 14.3. The maximum Gasteiger partial charge on any atom is 0.175 e. The highest BCUT2D eigenvalue weighted by Crippen LogP contribution is 2.40. The standard InChI is InChI=1S/C20H25IN6O2S/c1-20(2,3)10-23-4-5-27-18-16(17(22)24-11-25-18)26-19(27)30-15-9-14-13(8-12(15)21)28-6-7-29-14/h8-9,11,23H,4-7,10H2,1-3H3,(H2,22,24,25)/i21-3. The van der Waals surface area contributed by atoms with Gasteiger partial charge in [-0.25, -0.2) is 15.0 Å². The first-order valence-corrected chi connectivity index (χ1v) is 11.7. The first kappa shape index (κ1) is 21.4. The fourth-order valence-electron chi connectivity index (χ4n) is 3.09. The summed E-state index contributed by atoms with van der Waals surface area (Å²) in [5, 5.41) is 4.34. The number of hydrogen-bond acceptors (Lipinski definition) is 8. The molecule has 160 valence electrons. The Morgan fingerprint density at radius 1 is 1.20 bits per heavy atom. The summed E-state index contributed by atoms with van der Waals surface area (Å²) in [4.78, 5) is 14.4. The minimum absolute atomic E-state index is 0.225. The zero-order valence-electron chi connectivity index (χ0n) is 17.2. The average Bonchev–Trinajstić information content (AvgIpc) is 3.04. The predicted molar refractivity (Wildman–Crippen MR) is 126 cm³/mol. The lowest BCUT2D eigenvalue weighted by molar-refractivity contribution is 0.171. The maximum atomic E-state index is 6.07. The smallest absolute Gasteiger partial charge is 0.175 e. The molecule has 0 unspecified atom stereocenters. The van der Waals surface area contributed by atoms with E-state index < -0.39 is 0 Å². The molecule has 2 aromatic heterocycles. The molecule has 0 aliphatic carbocycles. The first-order valence-electron chi connectivity index (χ1n) is 9.76. The predicted octanol–water partition coefficient (Wildman–Crippen LogP) is 3.57. The van der Waals surface area contributed by atoms with E-state index in [1.807, 2.05) is 12.1 Å². The number of hydrogen-bond donors (Lipinski definition) is 2. The van der Waals surface area contributed by atoms with Gasteiger partial charge in [-0.15, -0.1) is 0 Å². The Balaban J connectivity index is 1.64. The van der Waals surface area contributed by atoms with Crippen molar-refractivity contribution in [1.82, 2.24) is 24.8 Å². The quantitative estimate of drug-likeness (QED) is 0.364. The van der Waals surface area contributed by atoms with Gasteiger partial charge in [0.1, 0.15) is 19.5 Å². The third-order valence-electron chi connectivity index (χ3n) is 4.49. The van der Waals surface area contributed by atoms with Gasteiger partial charge in [-0.2, -0.15) is 0 Å². The molecule has 4 rings (SSSR count). The third kappa shape index (κ3) is 4.75. The van der Waals surface area contributed by atoms with E-state index in [1.165, 1.54) is 6.33 Å². The molecule has 3 heterocycles. The van der Waals surface area contributed by atoms with Crippen molar-refractivity contribution in [3.05, 3.63) is 22.0 Å². The van der Waals surface area contributed by atoms with Gasteiger partial charge in [0.15, 0.2) is 33.6 Å². The molecule has 0 atom stereocenters. The molecule has 0 fully saturated rings. The van der Waals surface area contributed by atoms with Gasteiger partial charge in [-0.1, -0.05) is 32.5 Å². The Kier molecular flexibility index (Phi) is 6.26. The van der Waals surface area contributed by atoms with Crippen molar-refractivity contribution in [3.63, 3.8) is 0 Å². The number of benzene rings is 1. The van der Waals surface area contributed by atoms with Gasteiger partial charge in [-0.3, -0.25) is 0 Å². The fourth-order valence-corrected chi connectivity index (χ4v) is 4.80. The number of nitrogens with one attached hydrogen (secondary N) is 1. The molecule has 1 aliphatic rings. The molecule has 0 saturated heterocycles. The summed E-state index contributed by atoms with van der Waals surface area (Å²) >= 11 is 3.88. The molecule has 0 radical (unpaired) electrons. The second-order valence-electron chi connectivity index (χ2n) is 8.24. The molecule has 3 N–H and O–H groups in total. The zero-order valence-corrected chi connectivity index (χ0v) is 20.2. The van der Waals surface area contributed by atoms with Gasteiger partial charge >= 0.3 is 0 Å². The van der Waals surface area contributed by atoms with Gasteiger partial charge in [0.2, 0.25) is 0 Å². The zero-order chi connectivity index (χ0) is 21.3. The Bertz CT molecular complexity index is 1070. The highest BCUT2D eigenvalue weighted by atomic mass is 124. The van der Waals surface area contributed by atoms with Crippen LogP contribution in [0.5, 0.6) is 11.5 Å². The largest absolute Gasteiger partial charge is 0.486 e. The number of aromatic nitrogens is 4. The molecular weight excluding hydrogens is 512 g/mol. The second-order valence-corrected chi connectivity index (χ2v) is 10.4. The molecule has 8 nitrogen and oxygen atoms in total. The molecule has 0 amide bonds. The van der Waals surface area contributed by atoms with Crippen LogP contribution in [0.1, 0.15) is 20.8 Å². The van der Waals surface area contributed by atoms with E-state index in [9.17, 15) is 0 Å². The van der Waals surface area contributed by atoms with Gasteiger partial charge < -0.3 is 25.1 Å². The van der Waals surface area contributed by atoms with Crippen molar-refractivity contribution >= 4 is 51.3 Å². The van der Waals surface area contributed by atoms with E-state index in [0.29, 0.717) is 24.5 Å². The van der Waals surface area contributed by atoms with Crippen LogP contribution in [0.2, 0.25) is 0 Å². The van der Waals surface area contributed by atoms with Crippen LogP contribution in [0.25, 0.3) is 11.2 Å². The molecule has 0 spiro atoms. The van der Waals surface area contributed by atoms with Crippen LogP contribution in [0.3, 0.4) is 0 Å². The van der Waals surface area contributed by atoms with Crippen LogP contribution in [-0.4, -0.2) is 45.8 Å². The van der Waals surface area contributed by atoms with Gasteiger partial charge in [0, 0.05) is 28.1 Å². The molecule has 0 saturated carbocycles. The van der Waals surface area contributed by atoms with E-state index in [2.05, 4.69) is 63.2 Å². The Labute approximate surface area is 193 Å². The van der Waals surface area contributed by atoms with Crippen molar-refractivity contribution in [2.45, 2.75) is 37.4 Å². The lowest BCUT2D eigenvalue weighted by Gasteiger charge is -2.20. The van der Waals surface area contributed by atoms with Crippen molar-refractivity contribution in [3.8, 4) is 11.5 Å². The molecule has 3 aromatic rings. The summed E-state index contributed by atoms with van der Waals surface area (Å²) in [5.74, 6) is 1.93. The molecule has 10 heteroatoms. The van der Waals surface area contributed by atoms with Crippen LogP contribution in [0.15, 0.2) is 28.5 Å². The molecule has 30 heavy (non-hydrogen) atoms. The number of halogens is 1. The number of nitrogens with two attached hydrogens (primary N) is 1. The SMILES string of the molecule is CC(C)(C)CNCCn1c(Sc2cc3c(cc2[124I])OCCO3)nc2c(N)ncnc21. The summed E-state index contributed by atoms with van der Waals surface area (Å²) in [6.07, 6.45) is 1.49.